The Kier molecular flexibility index (Phi) is 5.11. The fraction of sp³-hybridized carbons (Fsp3) is 0.111. The average Bonchev–Trinajstić information content (AvgIpc) is 3.09. The molecule has 0 saturated carbocycles. The molecule has 4 aromatic rings. The first kappa shape index (κ1) is 17.8. The third-order valence-electron chi connectivity index (χ3n) is 5.79. The first-order valence-electron chi connectivity index (χ1n) is 10.0. The van der Waals surface area contributed by atoms with Gasteiger partial charge in [-0.05, 0) is 0 Å². The van der Waals surface area contributed by atoms with Crippen LogP contribution in [-0.4, -0.2) is 0 Å². The van der Waals surface area contributed by atoms with Gasteiger partial charge in [-0.3, -0.25) is 0 Å². The first-order chi connectivity index (χ1) is 13.9. The number of fused-ring (bicyclic) bond motifs is 3. The Hall–Kier alpha value is -2.24. The van der Waals surface area contributed by atoms with E-state index >= 15 is 0 Å². The van der Waals surface area contributed by atoms with Gasteiger partial charge in [-0.25, -0.2) is 0 Å². The monoisotopic (exact) mass is 437 g/mol. The van der Waals surface area contributed by atoms with Crippen molar-refractivity contribution in [2.75, 3.05) is 0 Å². The van der Waals surface area contributed by atoms with Crippen molar-refractivity contribution in [1.29, 1.82) is 0 Å². The maximum atomic E-state index is 2.39. The first-order valence-corrected chi connectivity index (χ1v) is 14.9. The summed E-state index contributed by atoms with van der Waals surface area (Å²) >= 11 is -1.94. The van der Waals surface area contributed by atoms with Crippen molar-refractivity contribution < 1.29 is 21.8 Å². The van der Waals surface area contributed by atoms with Crippen LogP contribution in [0.2, 0.25) is 0 Å². The van der Waals surface area contributed by atoms with Crippen LogP contribution in [0, 0.1) is 0 Å². The molecule has 28 heavy (non-hydrogen) atoms. The molecule has 0 N–H and O–H groups in total. The molecule has 0 bridgehead atoms. The topological polar surface area (TPSA) is 0 Å². The van der Waals surface area contributed by atoms with E-state index in [1.165, 1.54) is 30.5 Å². The van der Waals surface area contributed by atoms with Gasteiger partial charge in [0.1, 0.15) is 0 Å². The van der Waals surface area contributed by atoms with Gasteiger partial charge >= 0.3 is 176 Å². The molecule has 1 heteroatoms. The number of rotatable bonds is 5. The van der Waals surface area contributed by atoms with Crippen molar-refractivity contribution in [2.24, 2.45) is 0 Å². The minimum absolute atomic E-state index is 0.634. The number of hydrogen-bond acceptors (Lipinski definition) is 0. The fourth-order valence-electron chi connectivity index (χ4n) is 4.58. The van der Waals surface area contributed by atoms with Gasteiger partial charge in [0, 0.05) is 0 Å². The van der Waals surface area contributed by atoms with E-state index in [1.807, 2.05) is 0 Å². The average molecular weight is 439 g/mol. The van der Waals surface area contributed by atoms with E-state index in [2.05, 4.69) is 109 Å². The number of hydrogen-bond donors (Lipinski definition) is 0. The molecule has 0 fully saturated rings. The van der Waals surface area contributed by atoms with Gasteiger partial charge in [0.15, 0.2) is 0 Å². The summed E-state index contributed by atoms with van der Waals surface area (Å²) in [4.78, 5) is 0. The van der Waals surface area contributed by atoms with E-state index in [0.717, 1.165) is 0 Å². The summed E-state index contributed by atoms with van der Waals surface area (Å²) < 4.78 is 3.20. The van der Waals surface area contributed by atoms with Crippen molar-refractivity contribution in [3.05, 3.63) is 131 Å². The quantitative estimate of drug-likeness (QED) is 0.322. The Morgan fingerprint density at radius 1 is 0.464 bits per heavy atom. The predicted molar refractivity (Wildman–Crippen MR) is 114 cm³/mol. The van der Waals surface area contributed by atoms with E-state index in [-0.39, 0.29) is 0 Å². The molecular weight excluding hydrogens is 416 g/mol. The SMILES string of the molecule is c1ccc([CH2][Zr]([CH2]c2ccccc2)[CH]2c3ccccc3-c3ccccc32)cc1. The van der Waals surface area contributed by atoms with Crippen molar-refractivity contribution in [3.8, 4) is 11.1 Å². The Labute approximate surface area is 175 Å². The van der Waals surface area contributed by atoms with Crippen molar-refractivity contribution in [3.63, 3.8) is 0 Å². The molecule has 1 aliphatic carbocycles. The molecule has 0 nitrogen and oxygen atoms in total. The molecule has 0 aliphatic heterocycles. The van der Waals surface area contributed by atoms with Crippen LogP contribution < -0.4 is 0 Å². The second kappa shape index (κ2) is 8.02. The Morgan fingerprint density at radius 2 is 0.857 bits per heavy atom. The van der Waals surface area contributed by atoms with Crippen molar-refractivity contribution in [2.45, 2.75) is 11.9 Å². The van der Waals surface area contributed by atoms with E-state index in [0.29, 0.717) is 3.63 Å². The van der Waals surface area contributed by atoms with Crippen LogP contribution in [-0.2, 0) is 30.0 Å². The second-order valence-electron chi connectivity index (χ2n) is 7.59. The van der Waals surface area contributed by atoms with Crippen molar-refractivity contribution in [1.82, 2.24) is 0 Å². The van der Waals surface area contributed by atoms with Gasteiger partial charge in [0.2, 0.25) is 0 Å². The zero-order valence-corrected chi connectivity index (χ0v) is 18.3. The third-order valence-corrected chi connectivity index (χ3v) is 13.6. The predicted octanol–water partition coefficient (Wildman–Crippen LogP) is 6.78. The van der Waals surface area contributed by atoms with Crippen LogP contribution in [0.1, 0.15) is 25.9 Å². The summed E-state index contributed by atoms with van der Waals surface area (Å²) in [5.41, 5.74) is 9.09. The zero-order valence-electron chi connectivity index (χ0n) is 15.9. The molecule has 0 aromatic heterocycles. The molecule has 1 aliphatic rings. The second-order valence-corrected chi connectivity index (χ2v) is 14.0. The fourth-order valence-corrected chi connectivity index (χ4v) is 13.0. The summed E-state index contributed by atoms with van der Waals surface area (Å²) in [6.07, 6.45) is 0. The molecule has 0 amide bonds. The molecule has 0 radical (unpaired) electrons. The molecule has 0 spiro atoms. The number of benzene rings is 4. The van der Waals surface area contributed by atoms with Gasteiger partial charge in [0.25, 0.3) is 0 Å². The molecule has 135 valence electrons. The van der Waals surface area contributed by atoms with E-state index in [1.54, 1.807) is 11.1 Å². The Bertz CT molecular complexity index is 982. The molecule has 0 atom stereocenters. The standard InChI is InChI=1S/C13H9.2C7H7.Zr/c1-3-7-12-10(5-1)9-11-6-2-4-8-13(11)12;2*1-7-5-3-2-4-6-7;/h1-9H;2*2-6H,1H2;. The van der Waals surface area contributed by atoms with E-state index in [4.69, 9.17) is 0 Å². The van der Waals surface area contributed by atoms with Crippen LogP contribution >= 0.6 is 0 Å². The third kappa shape index (κ3) is 3.45. The van der Waals surface area contributed by atoms with Gasteiger partial charge in [-0.2, -0.15) is 0 Å². The van der Waals surface area contributed by atoms with Crippen molar-refractivity contribution >= 4 is 0 Å². The summed E-state index contributed by atoms with van der Waals surface area (Å²) in [6.45, 7) is 0. The van der Waals surface area contributed by atoms with Crippen LogP contribution in [0.4, 0.5) is 0 Å². The van der Waals surface area contributed by atoms with Crippen LogP contribution in [0.5, 0.6) is 0 Å². The Balaban J connectivity index is 1.60. The molecule has 0 heterocycles. The zero-order chi connectivity index (χ0) is 18.8. The van der Waals surface area contributed by atoms with Gasteiger partial charge < -0.3 is 0 Å². The summed E-state index contributed by atoms with van der Waals surface area (Å²) in [5, 5.41) is 0. The van der Waals surface area contributed by atoms with E-state index in [9.17, 15) is 0 Å². The van der Waals surface area contributed by atoms with Crippen LogP contribution in [0.3, 0.4) is 0 Å². The molecular formula is C27H23Zr. The molecule has 0 unspecified atom stereocenters. The maximum absolute atomic E-state index is 2.39. The van der Waals surface area contributed by atoms with E-state index < -0.39 is 21.8 Å². The van der Waals surface area contributed by atoms with Crippen LogP contribution in [0.25, 0.3) is 11.1 Å². The molecule has 0 saturated heterocycles. The van der Waals surface area contributed by atoms with Gasteiger partial charge in [0.05, 0.1) is 0 Å². The normalized spacial score (nSPS) is 12.4. The van der Waals surface area contributed by atoms with Crippen LogP contribution in [0.15, 0.2) is 109 Å². The summed E-state index contributed by atoms with van der Waals surface area (Å²) in [5.74, 6) is 0. The summed E-state index contributed by atoms with van der Waals surface area (Å²) in [6, 6.07) is 40.5. The molecule has 4 aromatic carbocycles. The van der Waals surface area contributed by atoms with Gasteiger partial charge in [-0.15, -0.1) is 0 Å². The summed E-state index contributed by atoms with van der Waals surface area (Å²) in [7, 11) is 0. The Morgan fingerprint density at radius 3 is 1.32 bits per heavy atom. The minimum atomic E-state index is -1.94. The molecule has 5 rings (SSSR count). The van der Waals surface area contributed by atoms with Gasteiger partial charge in [-0.1, -0.05) is 0 Å².